The Hall–Kier alpha value is -1.81. The first-order chi connectivity index (χ1) is 10.3. The Morgan fingerprint density at radius 1 is 1.29 bits per heavy atom. The molecule has 1 heterocycles. The largest absolute Gasteiger partial charge is 0.492 e. The smallest absolute Gasteiger partial charge is 0.265 e. The summed E-state index contributed by atoms with van der Waals surface area (Å²) in [5.74, 6) is 0.677. The number of hydrogen-bond donors (Lipinski definition) is 1. The van der Waals surface area contributed by atoms with Crippen LogP contribution in [0.2, 0.25) is 0 Å². The second-order valence-corrected chi connectivity index (χ2v) is 6.29. The Morgan fingerprint density at radius 3 is 2.90 bits per heavy atom. The number of rotatable bonds is 4. The molecule has 3 rings (SSSR count). The van der Waals surface area contributed by atoms with Crippen molar-refractivity contribution in [1.29, 1.82) is 0 Å². The fraction of sp³-hybridized carbons (Fsp3) is 0.353. The molecule has 0 bridgehead atoms. The zero-order valence-corrected chi connectivity index (χ0v) is 13.0. The van der Waals surface area contributed by atoms with Gasteiger partial charge in [-0.25, -0.2) is 0 Å². The number of hydrogen-bond acceptors (Lipinski definition) is 3. The van der Waals surface area contributed by atoms with Crippen LogP contribution in [0.25, 0.3) is 0 Å². The molecule has 1 aliphatic carbocycles. The molecular weight excluding hydrogens is 282 g/mol. The first kappa shape index (κ1) is 14.1. The van der Waals surface area contributed by atoms with Crippen molar-refractivity contribution in [3.05, 3.63) is 45.6 Å². The molecule has 0 aliphatic heterocycles. The molecule has 3 nitrogen and oxygen atoms in total. The molecular formula is C17H19NO2S. The number of thiophene rings is 1. The number of ether oxygens (including phenoxy) is 1. The van der Waals surface area contributed by atoms with Gasteiger partial charge in [0, 0.05) is 4.88 Å². The van der Waals surface area contributed by atoms with Crippen LogP contribution in [-0.4, -0.2) is 12.5 Å². The number of benzene rings is 1. The van der Waals surface area contributed by atoms with Gasteiger partial charge in [-0.05, 0) is 56.4 Å². The number of amides is 1. The third kappa shape index (κ3) is 3.10. The van der Waals surface area contributed by atoms with E-state index in [1.165, 1.54) is 23.3 Å². The van der Waals surface area contributed by atoms with Crippen LogP contribution in [0.5, 0.6) is 5.75 Å². The Kier molecular flexibility index (Phi) is 4.25. The minimum atomic E-state index is -0.0402. The number of fused-ring (bicyclic) bond motifs is 1. The summed E-state index contributed by atoms with van der Waals surface area (Å²) in [6.45, 7) is 2.52. The van der Waals surface area contributed by atoms with E-state index >= 15 is 0 Å². The highest BCUT2D eigenvalue weighted by atomic mass is 32.1. The summed E-state index contributed by atoms with van der Waals surface area (Å²) >= 11 is 1.63. The number of anilines is 1. The molecule has 0 unspecified atom stereocenters. The average Bonchev–Trinajstić information content (AvgIpc) is 2.93. The monoisotopic (exact) mass is 301 g/mol. The zero-order valence-electron chi connectivity index (χ0n) is 12.1. The van der Waals surface area contributed by atoms with E-state index in [0.29, 0.717) is 6.61 Å². The van der Waals surface area contributed by atoms with E-state index in [2.05, 4.69) is 11.4 Å². The van der Waals surface area contributed by atoms with Gasteiger partial charge in [-0.1, -0.05) is 12.1 Å². The van der Waals surface area contributed by atoms with Crippen LogP contribution in [0.1, 0.15) is 39.9 Å². The predicted molar refractivity (Wildman–Crippen MR) is 86.5 cm³/mol. The highest BCUT2D eigenvalue weighted by Crippen LogP contribution is 2.31. The topological polar surface area (TPSA) is 38.3 Å². The Bertz CT molecular complexity index is 624. The van der Waals surface area contributed by atoms with E-state index in [9.17, 15) is 4.79 Å². The van der Waals surface area contributed by atoms with E-state index in [0.717, 1.165) is 29.2 Å². The van der Waals surface area contributed by atoms with Gasteiger partial charge in [0.25, 0.3) is 5.91 Å². The molecule has 0 atom stereocenters. The first-order valence-corrected chi connectivity index (χ1v) is 8.24. The molecule has 2 aromatic rings. The zero-order chi connectivity index (χ0) is 14.7. The standard InChI is InChI=1S/C17H19NO2S/c1-2-20-14-9-5-4-8-13(14)18-17(19)16-11-12-7-3-6-10-15(12)21-16/h4-5,8-9,11H,2-3,6-7,10H2,1H3,(H,18,19). The quantitative estimate of drug-likeness (QED) is 0.915. The fourth-order valence-corrected chi connectivity index (χ4v) is 3.79. The lowest BCUT2D eigenvalue weighted by Gasteiger charge is -2.10. The van der Waals surface area contributed by atoms with Gasteiger partial charge in [-0.2, -0.15) is 0 Å². The first-order valence-electron chi connectivity index (χ1n) is 7.42. The van der Waals surface area contributed by atoms with Crippen LogP contribution >= 0.6 is 11.3 Å². The van der Waals surface area contributed by atoms with Gasteiger partial charge in [0.2, 0.25) is 0 Å². The van der Waals surface area contributed by atoms with Crippen LogP contribution in [-0.2, 0) is 12.8 Å². The Labute approximate surface area is 129 Å². The molecule has 0 saturated heterocycles. The van der Waals surface area contributed by atoms with Crippen molar-refractivity contribution in [2.45, 2.75) is 32.6 Å². The van der Waals surface area contributed by atoms with Gasteiger partial charge in [-0.15, -0.1) is 11.3 Å². The van der Waals surface area contributed by atoms with Crippen LogP contribution < -0.4 is 10.1 Å². The fourth-order valence-electron chi connectivity index (χ4n) is 2.64. The maximum atomic E-state index is 12.4. The second-order valence-electron chi connectivity index (χ2n) is 5.15. The highest BCUT2D eigenvalue weighted by Gasteiger charge is 2.18. The van der Waals surface area contributed by atoms with Gasteiger partial charge in [0.15, 0.2) is 0 Å². The Morgan fingerprint density at radius 2 is 2.10 bits per heavy atom. The number of nitrogens with one attached hydrogen (secondary N) is 1. The van der Waals surface area contributed by atoms with Gasteiger partial charge >= 0.3 is 0 Å². The molecule has 0 saturated carbocycles. The van der Waals surface area contributed by atoms with Gasteiger partial charge in [0.05, 0.1) is 17.2 Å². The van der Waals surface area contributed by atoms with E-state index in [1.54, 1.807) is 11.3 Å². The van der Waals surface area contributed by atoms with Crippen LogP contribution in [0.4, 0.5) is 5.69 Å². The summed E-state index contributed by atoms with van der Waals surface area (Å²) in [6.07, 6.45) is 4.69. The molecule has 1 aromatic heterocycles. The molecule has 1 aromatic carbocycles. The molecule has 0 fully saturated rings. The average molecular weight is 301 g/mol. The summed E-state index contributed by atoms with van der Waals surface area (Å²) in [7, 11) is 0. The molecule has 1 amide bonds. The summed E-state index contributed by atoms with van der Waals surface area (Å²) in [6, 6.07) is 9.61. The van der Waals surface area contributed by atoms with Gasteiger partial charge in [0.1, 0.15) is 5.75 Å². The number of aryl methyl sites for hydroxylation is 2. The van der Waals surface area contributed by atoms with Crippen LogP contribution in [0.3, 0.4) is 0 Å². The van der Waals surface area contributed by atoms with Crippen LogP contribution in [0.15, 0.2) is 30.3 Å². The van der Waals surface area contributed by atoms with E-state index in [1.807, 2.05) is 31.2 Å². The summed E-state index contributed by atoms with van der Waals surface area (Å²) in [5, 5.41) is 2.97. The molecule has 4 heteroatoms. The minimum absolute atomic E-state index is 0.0402. The lowest BCUT2D eigenvalue weighted by atomic mass is 9.99. The molecule has 1 N–H and O–H groups in total. The molecule has 1 aliphatic rings. The van der Waals surface area contributed by atoms with E-state index in [-0.39, 0.29) is 5.91 Å². The maximum Gasteiger partial charge on any atom is 0.265 e. The summed E-state index contributed by atoms with van der Waals surface area (Å²) in [5.41, 5.74) is 2.09. The third-order valence-corrected chi connectivity index (χ3v) is 4.89. The molecule has 21 heavy (non-hydrogen) atoms. The third-order valence-electron chi connectivity index (χ3n) is 3.66. The van der Waals surface area contributed by atoms with Crippen LogP contribution in [0, 0.1) is 0 Å². The SMILES string of the molecule is CCOc1ccccc1NC(=O)c1cc2c(s1)CCCC2. The minimum Gasteiger partial charge on any atom is -0.492 e. The maximum absolute atomic E-state index is 12.4. The number of carbonyl (C=O) groups is 1. The van der Waals surface area contributed by atoms with E-state index in [4.69, 9.17) is 4.74 Å². The van der Waals surface area contributed by atoms with Gasteiger partial charge in [-0.3, -0.25) is 4.79 Å². The van der Waals surface area contributed by atoms with Crippen molar-refractivity contribution in [2.75, 3.05) is 11.9 Å². The predicted octanol–water partition coefficient (Wildman–Crippen LogP) is 4.28. The normalized spacial score (nSPS) is 13.6. The molecule has 0 spiro atoms. The van der Waals surface area contributed by atoms with Crippen molar-refractivity contribution in [2.24, 2.45) is 0 Å². The van der Waals surface area contributed by atoms with Crippen molar-refractivity contribution in [1.82, 2.24) is 0 Å². The molecule has 0 radical (unpaired) electrons. The van der Waals surface area contributed by atoms with E-state index < -0.39 is 0 Å². The van der Waals surface area contributed by atoms with Gasteiger partial charge < -0.3 is 10.1 Å². The molecule has 110 valence electrons. The summed E-state index contributed by atoms with van der Waals surface area (Å²) in [4.78, 5) is 14.6. The number of carbonyl (C=O) groups excluding carboxylic acids is 1. The Balaban J connectivity index is 1.78. The highest BCUT2D eigenvalue weighted by molar-refractivity contribution is 7.14. The number of para-hydroxylation sites is 2. The van der Waals surface area contributed by atoms with Crippen molar-refractivity contribution in [3.63, 3.8) is 0 Å². The summed E-state index contributed by atoms with van der Waals surface area (Å²) < 4.78 is 5.54. The van der Waals surface area contributed by atoms with Crippen molar-refractivity contribution in [3.8, 4) is 5.75 Å². The van der Waals surface area contributed by atoms with Crippen molar-refractivity contribution >= 4 is 22.9 Å². The van der Waals surface area contributed by atoms with Crippen molar-refractivity contribution < 1.29 is 9.53 Å². The lowest BCUT2D eigenvalue weighted by molar-refractivity contribution is 0.103. The second kappa shape index (κ2) is 6.31. The lowest BCUT2D eigenvalue weighted by Crippen LogP contribution is -2.11.